The van der Waals surface area contributed by atoms with Crippen LogP contribution in [0.3, 0.4) is 0 Å². The number of rotatable bonds is 4. The van der Waals surface area contributed by atoms with Crippen molar-refractivity contribution in [3.63, 3.8) is 0 Å². The largest absolute Gasteiger partial charge is 0.497 e. The summed E-state index contributed by atoms with van der Waals surface area (Å²) in [7, 11) is 1.62. The van der Waals surface area contributed by atoms with Gasteiger partial charge in [-0.1, -0.05) is 40.2 Å². The van der Waals surface area contributed by atoms with Crippen LogP contribution in [-0.4, -0.2) is 18.9 Å². The van der Waals surface area contributed by atoms with Crippen LogP contribution in [0.5, 0.6) is 5.75 Å². The van der Waals surface area contributed by atoms with Gasteiger partial charge in [-0.2, -0.15) is 0 Å². The Labute approximate surface area is 169 Å². The monoisotopic (exact) mass is 438 g/mol. The highest BCUT2D eigenvalue weighted by molar-refractivity contribution is 9.10. The van der Waals surface area contributed by atoms with Gasteiger partial charge in [-0.3, -0.25) is 9.69 Å². The molecule has 1 amide bonds. The molecule has 0 unspecified atom stereocenters. The van der Waals surface area contributed by atoms with Gasteiger partial charge < -0.3 is 4.74 Å². The first-order valence-electron chi connectivity index (χ1n) is 8.24. The molecule has 6 heteroatoms. The fourth-order valence-corrected chi connectivity index (χ4v) is 3.93. The summed E-state index contributed by atoms with van der Waals surface area (Å²) in [5, 5.41) is 1.98. The zero-order valence-corrected chi connectivity index (χ0v) is 16.8. The van der Waals surface area contributed by atoms with Crippen LogP contribution in [0.4, 0.5) is 5.69 Å². The Kier molecular flexibility index (Phi) is 4.92. The second-order valence-corrected chi connectivity index (χ2v) is 7.63. The number of carbonyl (C=O) groups is 1. The van der Waals surface area contributed by atoms with Crippen molar-refractivity contribution < 1.29 is 9.53 Å². The molecule has 0 fully saturated rings. The lowest BCUT2D eigenvalue weighted by Gasteiger charge is -2.19. The van der Waals surface area contributed by atoms with Crippen molar-refractivity contribution >= 4 is 50.8 Å². The first-order valence-corrected chi connectivity index (χ1v) is 9.92. The van der Waals surface area contributed by atoms with Crippen LogP contribution < -0.4 is 9.64 Å². The van der Waals surface area contributed by atoms with Crippen LogP contribution in [0, 0.1) is 0 Å². The molecule has 0 spiro atoms. The Morgan fingerprint density at radius 2 is 1.85 bits per heavy atom. The molecule has 2 heterocycles. The highest BCUT2D eigenvalue weighted by atomic mass is 79.9. The van der Waals surface area contributed by atoms with Gasteiger partial charge in [-0.25, -0.2) is 4.99 Å². The van der Waals surface area contributed by atoms with Crippen LogP contribution in [0.1, 0.15) is 10.4 Å². The Balaban J connectivity index is 1.83. The van der Waals surface area contributed by atoms with Gasteiger partial charge >= 0.3 is 0 Å². The average Bonchev–Trinajstić information content (AvgIpc) is 3.31. The van der Waals surface area contributed by atoms with E-state index in [1.807, 2.05) is 72.1 Å². The molecule has 0 atom stereocenters. The number of benzene rings is 2. The number of carbonyl (C=O) groups excluding carboxylic acids is 1. The van der Waals surface area contributed by atoms with Crippen molar-refractivity contribution in [1.29, 1.82) is 0 Å². The van der Waals surface area contributed by atoms with Crippen molar-refractivity contribution in [2.45, 2.75) is 0 Å². The number of amidine groups is 1. The Morgan fingerprint density at radius 3 is 2.52 bits per heavy atom. The maximum Gasteiger partial charge on any atom is 0.282 e. The number of hydrogen-bond acceptors (Lipinski definition) is 4. The average molecular weight is 439 g/mol. The zero-order chi connectivity index (χ0) is 18.8. The molecule has 27 heavy (non-hydrogen) atoms. The summed E-state index contributed by atoms with van der Waals surface area (Å²) in [5.74, 6) is 1.18. The smallest absolute Gasteiger partial charge is 0.282 e. The van der Waals surface area contributed by atoms with E-state index >= 15 is 0 Å². The van der Waals surface area contributed by atoms with E-state index < -0.39 is 0 Å². The summed E-state index contributed by atoms with van der Waals surface area (Å²) in [4.78, 5) is 20.5. The normalized spacial score (nSPS) is 15.3. The van der Waals surface area contributed by atoms with Gasteiger partial charge in [-0.05, 0) is 47.9 Å². The number of hydrogen-bond donors (Lipinski definition) is 0. The van der Waals surface area contributed by atoms with Crippen molar-refractivity contribution in [1.82, 2.24) is 0 Å². The Morgan fingerprint density at radius 1 is 1.07 bits per heavy atom. The van der Waals surface area contributed by atoms with E-state index in [9.17, 15) is 4.79 Å². The Hall–Kier alpha value is -2.70. The molecule has 1 aromatic heterocycles. The van der Waals surface area contributed by atoms with E-state index in [1.54, 1.807) is 23.3 Å². The summed E-state index contributed by atoms with van der Waals surface area (Å²) in [6, 6.07) is 19.1. The molecule has 0 N–H and O–H groups in total. The summed E-state index contributed by atoms with van der Waals surface area (Å²) in [6.45, 7) is 0. The number of halogens is 1. The van der Waals surface area contributed by atoms with E-state index in [1.165, 1.54) is 0 Å². The standard InChI is InChI=1S/C21H15BrN2O2S/c1-26-15-10-8-14(9-11-15)24-20(17-6-2-3-7-18(17)22)23-19(21(24)25)13-16-5-4-12-27-16/h2-13H,1H3/b19-13+. The van der Waals surface area contributed by atoms with Gasteiger partial charge in [0.25, 0.3) is 5.91 Å². The molecule has 0 saturated heterocycles. The van der Waals surface area contributed by atoms with Gasteiger partial charge in [0.15, 0.2) is 0 Å². The molecule has 0 radical (unpaired) electrons. The molecule has 134 valence electrons. The number of nitrogens with zero attached hydrogens (tertiary/aromatic N) is 2. The molecule has 0 bridgehead atoms. The molecule has 3 aromatic rings. The lowest BCUT2D eigenvalue weighted by Crippen LogP contribution is -2.32. The zero-order valence-electron chi connectivity index (χ0n) is 14.4. The number of anilines is 1. The molecule has 0 aliphatic carbocycles. The number of thiophene rings is 1. The molecule has 0 saturated carbocycles. The SMILES string of the molecule is COc1ccc(N2C(=O)/C(=C\c3cccs3)N=C2c2ccccc2Br)cc1. The van der Waals surface area contributed by atoms with E-state index in [0.717, 1.165) is 26.4 Å². The maximum atomic E-state index is 13.2. The molecule has 4 rings (SSSR count). The quantitative estimate of drug-likeness (QED) is 0.514. The van der Waals surface area contributed by atoms with E-state index in [4.69, 9.17) is 4.74 Å². The lowest BCUT2D eigenvalue weighted by molar-refractivity contribution is -0.113. The van der Waals surface area contributed by atoms with Crippen LogP contribution in [0.15, 0.2) is 81.2 Å². The minimum absolute atomic E-state index is 0.153. The van der Waals surface area contributed by atoms with Gasteiger partial charge in [-0.15, -0.1) is 11.3 Å². The van der Waals surface area contributed by atoms with Crippen LogP contribution in [0.25, 0.3) is 6.08 Å². The molecular formula is C21H15BrN2O2S. The Bertz CT molecular complexity index is 1040. The van der Waals surface area contributed by atoms with Crippen LogP contribution in [0.2, 0.25) is 0 Å². The fourth-order valence-electron chi connectivity index (χ4n) is 2.82. The van der Waals surface area contributed by atoms with Crippen LogP contribution >= 0.6 is 27.3 Å². The summed E-state index contributed by atoms with van der Waals surface area (Å²) in [6.07, 6.45) is 1.83. The number of ether oxygens (including phenoxy) is 1. The fraction of sp³-hybridized carbons (Fsp3) is 0.0476. The summed E-state index contributed by atoms with van der Waals surface area (Å²) >= 11 is 5.15. The van der Waals surface area contributed by atoms with E-state index in [0.29, 0.717) is 11.5 Å². The second kappa shape index (κ2) is 7.50. The van der Waals surface area contributed by atoms with Crippen molar-refractivity contribution in [3.8, 4) is 5.75 Å². The third-order valence-corrected chi connectivity index (χ3v) is 5.64. The van der Waals surface area contributed by atoms with Crippen molar-refractivity contribution in [2.75, 3.05) is 12.0 Å². The minimum atomic E-state index is -0.153. The number of aliphatic imine (C=N–C) groups is 1. The van der Waals surface area contributed by atoms with Crippen molar-refractivity contribution in [2.24, 2.45) is 4.99 Å². The first-order chi connectivity index (χ1) is 13.2. The molecule has 1 aliphatic rings. The highest BCUT2D eigenvalue weighted by Gasteiger charge is 2.33. The maximum absolute atomic E-state index is 13.2. The third kappa shape index (κ3) is 3.46. The van der Waals surface area contributed by atoms with E-state index in [2.05, 4.69) is 20.9 Å². The number of methoxy groups -OCH3 is 1. The third-order valence-electron chi connectivity index (χ3n) is 4.13. The predicted molar refractivity (Wildman–Crippen MR) is 113 cm³/mol. The topological polar surface area (TPSA) is 41.9 Å². The number of amides is 1. The second-order valence-electron chi connectivity index (χ2n) is 5.80. The lowest BCUT2D eigenvalue weighted by atomic mass is 10.1. The molecule has 2 aromatic carbocycles. The van der Waals surface area contributed by atoms with Gasteiger partial charge in [0.05, 0.1) is 12.8 Å². The first kappa shape index (κ1) is 17.7. The summed E-state index contributed by atoms with van der Waals surface area (Å²) < 4.78 is 6.11. The highest BCUT2D eigenvalue weighted by Crippen LogP contribution is 2.31. The van der Waals surface area contributed by atoms with Crippen LogP contribution in [-0.2, 0) is 4.79 Å². The van der Waals surface area contributed by atoms with Crippen molar-refractivity contribution in [3.05, 3.63) is 86.7 Å². The molecular weight excluding hydrogens is 424 g/mol. The van der Waals surface area contributed by atoms with E-state index in [-0.39, 0.29) is 5.91 Å². The summed E-state index contributed by atoms with van der Waals surface area (Å²) in [5.41, 5.74) is 2.01. The molecule has 4 nitrogen and oxygen atoms in total. The van der Waals surface area contributed by atoms with Gasteiger partial charge in [0, 0.05) is 14.9 Å². The molecule has 1 aliphatic heterocycles. The van der Waals surface area contributed by atoms with Gasteiger partial charge in [0.1, 0.15) is 17.3 Å². The predicted octanol–water partition coefficient (Wildman–Crippen LogP) is 5.35. The minimum Gasteiger partial charge on any atom is -0.497 e. The van der Waals surface area contributed by atoms with Gasteiger partial charge in [0.2, 0.25) is 0 Å².